The summed E-state index contributed by atoms with van der Waals surface area (Å²) < 4.78 is 65.2. The average molecular weight is 783 g/mol. The first-order chi connectivity index (χ1) is 33.2. The second kappa shape index (κ2) is 14.2. The Morgan fingerprint density at radius 2 is 1.05 bits per heavy atom. The van der Waals surface area contributed by atoms with Crippen LogP contribution in [0.2, 0.25) is 0 Å². The highest BCUT2D eigenvalue weighted by atomic mass is 15.1. The number of hydrogen-bond acceptors (Lipinski definition) is 1. The molecular weight excluding hydrogens is 735 g/mol. The highest BCUT2D eigenvalue weighted by molar-refractivity contribution is 5.97. The first-order valence-corrected chi connectivity index (χ1v) is 20.7. The molecule has 0 radical (unpaired) electrons. The Kier molecular flexibility index (Phi) is 6.68. The lowest BCUT2D eigenvalue weighted by molar-refractivity contribution is 0.776. The molecule has 0 bridgehead atoms. The smallest absolute Gasteiger partial charge is 0.0719 e. The van der Waals surface area contributed by atoms with Gasteiger partial charge in [0.15, 0.2) is 0 Å². The van der Waals surface area contributed by atoms with Crippen molar-refractivity contribution in [1.82, 2.24) is 0 Å². The van der Waals surface area contributed by atoms with Crippen LogP contribution in [0, 0.1) is 0 Å². The van der Waals surface area contributed by atoms with E-state index in [1.807, 2.05) is 54.6 Å². The summed E-state index contributed by atoms with van der Waals surface area (Å²) in [5, 5.41) is -0.00293. The van der Waals surface area contributed by atoms with E-state index in [0.717, 1.165) is 72.7 Å². The SMILES string of the molecule is [2H]c1c([2H])c([2H])c2c(C3(c4ccc5c(c4)-c4ccccc4C5c4ccccc4)c4ccccc4-c4cc(N(c5ccccc5)c5ccccc5-c5ccccc5)ccc43)c([2H])c([2H])c([2H])c2c1[2H]. The van der Waals surface area contributed by atoms with Crippen LogP contribution in [0.3, 0.4) is 0 Å². The molecule has 0 saturated carbocycles. The molecule has 10 aromatic rings. The summed E-state index contributed by atoms with van der Waals surface area (Å²) in [4.78, 5) is 2.26. The predicted octanol–water partition coefficient (Wildman–Crippen LogP) is 15.5. The Balaban J connectivity index is 1.20. The highest BCUT2D eigenvalue weighted by Gasteiger charge is 2.48. The van der Waals surface area contributed by atoms with Gasteiger partial charge in [-0.05, 0) is 114 Å². The number of nitrogens with zero attached hydrogens (tertiary/aromatic N) is 1. The van der Waals surface area contributed by atoms with Gasteiger partial charge in [0.1, 0.15) is 0 Å². The maximum atomic E-state index is 10.0. The van der Waals surface area contributed by atoms with Crippen molar-refractivity contribution >= 4 is 27.8 Å². The summed E-state index contributed by atoms with van der Waals surface area (Å²) in [7, 11) is 0. The van der Waals surface area contributed by atoms with Crippen LogP contribution in [0.25, 0.3) is 44.2 Å². The third kappa shape index (κ3) is 5.41. The number of anilines is 3. The molecule has 0 spiro atoms. The molecule has 2 atom stereocenters. The number of rotatable bonds is 7. The Morgan fingerprint density at radius 1 is 0.410 bits per heavy atom. The second-order valence-electron chi connectivity index (χ2n) is 15.8. The van der Waals surface area contributed by atoms with Crippen molar-refractivity contribution < 1.29 is 9.60 Å². The van der Waals surface area contributed by atoms with Crippen molar-refractivity contribution in [1.29, 1.82) is 0 Å². The minimum absolute atomic E-state index is 0.0251. The predicted molar refractivity (Wildman–Crippen MR) is 254 cm³/mol. The van der Waals surface area contributed by atoms with E-state index < -0.39 is 35.6 Å². The van der Waals surface area contributed by atoms with Crippen LogP contribution in [0.5, 0.6) is 0 Å². The monoisotopic (exact) mass is 782 g/mol. The van der Waals surface area contributed by atoms with Crippen LogP contribution < -0.4 is 4.90 Å². The summed E-state index contributed by atoms with van der Waals surface area (Å²) in [6.07, 6.45) is 0. The van der Waals surface area contributed by atoms with Gasteiger partial charge in [-0.3, -0.25) is 0 Å². The molecular formula is C60H41N. The van der Waals surface area contributed by atoms with Crippen molar-refractivity contribution in [3.63, 3.8) is 0 Å². The van der Waals surface area contributed by atoms with Crippen LogP contribution in [0.15, 0.2) is 242 Å². The van der Waals surface area contributed by atoms with Gasteiger partial charge in [0.2, 0.25) is 0 Å². The van der Waals surface area contributed by atoms with Gasteiger partial charge in [0, 0.05) is 22.9 Å². The molecule has 1 heteroatoms. The summed E-state index contributed by atoms with van der Waals surface area (Å²) in [5.74, 6) is -0.0251. The molecule has 0 heterocycles. The van der Waals surface area contributed by atoms with Crippen molar-refractivity contribution in [3.8, 4) is 33.4 Å². The number of para-hydroxylation sites is 2. The Bertz CT molecular complexity index is 3660. The van der Waals surface area contributed by atoms with Crippen LogP contribution in [-0.2, 0) is 5.41 Å². The summed E-state index contributed by atoms with van der Waals surface area (Å²) in [5.41, 5.74) is 13.6. The lowest BCUT2D eigenvalue weighted by Crippen LogP contribution is -2.29. The van der Waals surface area contributed by atoms with Crippen LogP contribution in [-0.4, -0.2) is 0 Å². The quantitative estimate of drug-likeness (QED) is 0.156. The van der Waals surface area contributed by atoms with Crippen molar-refractivity contribution in [3.05, 3.63) is 281 Å². The normalized spacial score (nSPS) is 17.4. The van der Waals surface area contributed by atoms with E-state index in [1.165, 1.54) is 11.1 Å². The van der Waals surface area contributed by atoms with Crippen LogP contribution in [0.4, 0.5) is 17.1 Å². The standard InChI is InChI=1S/C60H41N/c1-4-19-42(20-5-1)48-28-15-17-34-58(48)61(45-25-8-3-9-26-45)46-36-38-57-54(40-46)50-30-14-16-32-56(50)60(57,55-33-18-24-41-21-10-11-27-47(41)55)44-35-37-52-53(39-44)49-29-12-13-31-51(49)59(52)43-22-6-2-7-23-43/h1-40,59H/i10D,11D,18D,21D,24D,27D,33D. The Hall–Kier alpha value is -7.74. The molecule has 61 heavy (non-hydrogen) atoms. The number of benzene rings is 10. The average Bonchev–Trinajstić information content (AvgIpc) is 3.87. The zero-order valence-corrected chi connectivity index (χ0v) is 33.1. The molecule has 0 aromatic heterocycles. The summed E-state index contributed by atoms with van der Waals surface area (Å²) in [6.45, 7) is 0. The van der Waals surface area contributed by atoms with Gasteiger partial charge in [-0.1, -0.05) is 206 Å². The molecule has 0 N–H and O–H groups in total. The topological polar surface area (TPSA) is 3.24 Å². The van der Waals surface area contributed by atoms with Crippen LogP contribution in [0.1, 0.15) is 54.5 Å². The van der Waals surface area contributed by atoms with Gasteiger partial charge in [0.05, 0.1) is 20.7 Å². The third-order valence-electron chi connectivity index (χ3n) is 12.7. The van der Waals surface area contributed by atoms with Crippen molar-refractivity contribution in [2.75, 3.05) is 4.90 Å². The van der Waals surface area contributed by atoms with E-state index in [0.29, 0.717) is 0 Å². The van der Waals surface area contributed by atoms with E-state index in [2.05, 4.69) is 150 Å². The van der Waals surface area contributed by atoms with Gasteiger partial charge < -0.3 is 4.90 Å². The third-order valence-corrected chi connectivity index (χ3v) is 12.7. The van der Waals surface area contributed by atoms with Crippen LogP contribution >= 0.6 is 0 Å². The molecule has 2 aliphatic rings. The fraction of sp³-hybridized carbons (Fsp3) is 0.0333. The van der Waals surface area contributed by atoms with E-state index in [1.54, 1.807) is 0 Å². The van der Waals surface area contributed by atoms with Crippen molar-refractivity contribution in [2.24, 2.45) is 0 Å². The molecule has 2 aliphatic carbocycles. The van der Waals surface area contributed by atoms with Gasteiger partial charge in [-0.25, -0.2) is 0 Å². The molecule has 286 valence electrons. The maximum Gasteiger partial charge on any atom is 0.0719 e. The van der Waals surface area contributed by atoms with E-state index in [9.17, 15) is 6.85 Å². The molecule has 10 aromatic carbocycles. The second-order valence-corrected chi connectivity index (χ2v) is 15.8. The number of hydrogen-bond donors (Lipinski definition) is 0. The molecule has 0 amide bonds. The molecule has 0 saturated heterocycles. The van der Waals surface area contributed by atoms with Gasteiger partial charge >= 0.3 is 0 Å². The minimum atomic E-state index is -1.39. The van der Waals surface area contributed by atoms with E-state index in [4.69, 9.17) is 2.74 Å². The first kappa shape index (κ1) is 28.6. The Labute approximate surface area is 367 Å². The maximum absolute atomic E-state index is 10.0. The molecule has 0 fully saturated rings. The summed E-state index contributed by atoms with van der Waals surface area (Å²) in [6, 6.07) is 66.2. The van der Waals surface area contributed by atoms with Gasteiger partial charge in [0.25, 0.3) is 0 Å². The van der Waals surface area contributed by atoms with Crippen molar-refractivity contribution in [2.45, 2.75) is 11.3 Å². The molecule has 0 aliphatic heterocycles. The largest absolute Gasteiger partial charge is 0.310 e. The summed E-state index contributed by atoms with van der Waals surface area (Å²) >= 11 is 0. The fourth-order valence-corrected chi connectivity index (χ4v) is 10.2. The fourth-order valence-electron chi connectivity index (χ4n) is 10.2. The lowest BCUT2D eigenvalue weighted by atomic mass is 9.66. The zero-order chi connectivity index (χ0) is 46.4. The minimum Gasteiger partial charge on any atom is -0.310 e. The first-order valence-electron chi connectivity index (χ1n) is 24.2. The highest BCUT2D eigenvalue weighted by Crippen LogP contribution is 2.60. The van der Waals surface area contributed by atoms with Gasteiger partial charge in [-0.2, -0.15) is 0 Å². The van der Waals surface area contributed by atoms with Gasteiger partial charge in [-0.15, -0.1) is 0 Å². The Morgan fingerprint density at radius 3 is 1.89 bits per heavy atom. The number of fused-ring (bicyclic) bond motifs is 7. The molecule has 1 nitrogen and oxygen atoms in total. The van der Waals surface area contributed by atoms with E-state index in [-0.39, 0.29) is 34.3 Å². The molecule has 2 unspecified atom stereocenters. The zero-order valence-electron chi connectivity index (χ0n) is 40.1. The lowest BCUT2D eigenvalue weighted by Gasteiger charge is -2.35. The van der Waals surface area contributed by atoms with E-state index >= 15 is 0 Å². The molecule has 12 rings (SSSR count).